The number of pyridine rings is 1. The number of azo groups is 1. The number of rotatable bonds is 4. The highest BCUT2D eigenvalue weighted by molar-refractivity contribution is 9.10. The Bertz CT molecular complexity index is 1680. The topological polar surface area (TPSA) is 134 Å². The number of carbonyl (C=O) groups excluding carboxylic acids is 1. The second kappa shape index (κ2) is 8.73. The van der Waals surface area contributed by atoms with Gasteiger partial charge in [0, 0.05) is 32.9 Å². The van der Waals surface area contributed by atoms with Gasteiger partial charge in [-0.15, -0.1) is 10.2 Å². The SMILES string of the molecule is Cc1ccc2nc(-c3ccc(Br)cc3)cc(C(=O)N=Nc3c(O)[nH]c4ccc([N+](=O)[O-])cc34)c2c1. The second-order valence-electron chi connectivity index (χ2n) is 7.90. The second-order valence-corrected chi connectivity index (χ2v) is 8.81. The van der Waals surface area contributed by atoms with E-state index >= 15 is 0 Å². The van der Waals surface area contributed by atoms with E-state index in [9.17, 15) is 20.0 Å². The van der Waals surface area contributed by atoms with Crippen LogP contribution >= 0.6 is 15.9 Å². The number of aromatic amines is 1. The lowest BCUT2D eigenvalue weighted by molar-refractivity contribution is -0.384. The average molecular weight is 530 g/mol. The standard InChI is InChI=1S/C25H16BrN5O4/c1-13-2-8-20-17(10-13)18(12-22(27-20)14-3-5-15(26)6-4-14)24(32)30-29-23-19-11-16(31(34)35)7-9-21(19)28-25(23)33/h2-12,28,33H,1H3. The molecule has 0 bridgehead atoms. The van der Waals surface area contributed by atoms with Gasteiger partial charge in [0.15, 0.2) is 5.69 Å². The number of H-pyrrole nitrogens is 1. The molecule has 2 N–H and O–H groups in total. The van der Waals surface area contributed by atoms with Gasteiger partial charge in [-0.1, -0.05) is 39.7 Å². The Morgan fingerprint density at radius 1 is 1.06 bits per heavy atom. The average Bonchev–Trinajstić information content (AvgIpc) is 3.16. The maximum Gasteiger partial charge on any atom is 0.296 e. The van der Waals surface area contributed by atoms with E-state index < -0.39 is 10.8 Å². The minimum absolute atomic E-state index is 0.0558. The van der Waals surface area contributed by atoms with Gasteiger partial charge in [0.2, 0.25) is 5.88 Å². The number of amides is 1. The zero-order valence-corrected chi connectivity index (χ0v) is 19.8. The van der Waals surface area contributed by atoms with Crippen molar-refractivity contribution in [2.75, 3.05) is 0 Å². The minimum atomic E-state index is -0.638. The molecule has 0 aliphatic carbocycles. The Hall–Kier alpha value is -4.44. The van der Waals surface area contributed by atoms with Gasteiger partial charge in [0.25, 0.3) is 11.6 Å². The van der Waals surface area contributed by atoms with Crippen LogP contribution in [0.25, 0.3) is 33.1 Å². The summed E-state index contributed by atoms with van der Waals surface area (Å²) in [6, 6.07) is 18.8. The van der Waals surface area contributed by atoms with Gasteiger partial charge in [-0.2, -0.15) is 0 Å². The monoisotopic (exact) mass is 529 g/mol. The molecule has 2 heterocycles. The molecule has 0 fully saturated rings. The van der Waals surface area contributed by atoms with Crippen molar-refractivity contribution < 1.29 is 14.8 Å². The van der Waals surface area contributed by atoms with Gasteiger partial charge in [0.1, 0.15) is 0 Å². The molecule has 5 rings (SSSR count). The fourth-order valence-corrected chi connectivity index (χ4v) is 4.06. The predicted octanol–water partition coefficient (Wildman–Crippen LogP) is 6.99. The number of aromatic nitrogens is 2. The van der Waals surface area contributed by atoms with Crippen molar-refractivity contribution in [3.63, 3.8) is 0 Å². The van der Waals surface area contributed by atoms with Crippen LogP contribution in [0.15, 0.2) is 81.4 Å². The van der Waals surface area contributed by atoms with Crippen molar-refractivity contribution in [1.82, 2.24) is 9.97 Å². The first-order valence-corrected chi connectivity index (χ1v) is 11.2. The summed E-state index contributed by atoms with van der Waals surface area (Å²) in [6.45, 7) is 1.91. The van der Waals surface area contributed by atoms with Crippen LogP contribution in [0.3, 0.4) is 0 Å². The van der Waals surface area contributed by atoms with Crippen LogP contribution < -0.4 is 0 Å². The maximum absolute atomic E-state index is 13.2. The van der Waals surface area contributed by atoms with Crippen molar-refractivity contribution in [2.24, 2.45) is 10.2 Å². The normalized spacial score (nSPS) is 11.5. The highest BCUT2D eigenvalue weighted by atomic mass is 79.9. The van der Waals surface area contributed by atoms with Crippen molar-refractivity contribution in [3.8, 4) is 17.1 Å². The first kappa shape index (κ1) is 22.4. The van der Waals surface area contributed by atoms with Crippen LogP contribution in [0.1, 0.15) is 15.9 Å². The molecule has 0 spiro atoms. The molecule has 3 aromatic carbocycles. The lowest BCUT2D eigenvalue weighted by Gasteiger charge is -2.08. The number of fused-ring (bicyclic) bond motifs is 2. The summed E-state index contributed by atoms with van der Waals surface area (Å²) in [5, 5.41) is 30.1. The van der Waals surface area contributed by atoms with Gasteiger partial charge < -0.3 is 10.1 Å². The first-order chi connectivity index (χ1) is 16.8. The number of nitrogens with zero attached hydrogens (tertiary/aromatic N) is 4. The molecule has 0 unspecified atom stereocenters. The van der Waals surface area contributed by atoms with E-state index in [1.54, 1.807) is 6.07 Å². The van der Waals surface area contributed by atoms with Crippen molar-refractivity contribution >= 4 is 55.0 Å². The maximum atomic E-state index is 13.2. The van der Waals surface area contributed by atoms with E-state index in [1.165, 1.54) is 18.2 Å². The molecule has 35 heavy (non-hydrogen) atoms. The Kier molecular flexibility index (Phi) is 5.58. The zero-order chi connectivity index (χ0) is 24.7. The lowest BCUT2D eigenvalue weighted by atomic mass is 10.0. The van der Waals surface area contributed by atoms with Crippen LogP contribution in [0.2, 0.25) is 0 Å². The lowest BCUT2D eigenvalue weighted by Crippen LogP contribution is -1.99. The first-order valence-electron chi connectivity index (χ1n) is 10.4. The number of aromatic hydroxyl groups is 1. The Labute approximate surface area is 206 Å². The summed E-state index contributed by atoms with van der Waals surface area (Å²) in [6.07, 6.45) is 0. The fraction of sp³-hybridized carbons (Fsp3) is 0.0400. The molecule has 0 saturated carbocycles. The number of non-ortho nitro benzene ring substituents is 1. The number of carbonyl (C=O) groups is 1. The molecule has 1 amide bonds. The van der Waals surface area contributed by atoms with Crippen LogP contribution in [0.4, 0.5) is 11.4 Å². The van der Waals surface area contributed by atoms with E-state index in [2.05, 4.69) is 31.1 Å². The van der Waals surface area contributed by atoms with Gasteiger partial charge in [-0.3, -0.25) is 14.9 Å². The summed E-state index contributed by atoms with van der Waals surface area (Å²) in [5.41, 5.74) is 3.49. The summed E-state index contributed by atoms with van der Waals surface area (Å²) in [7, 11) is 0. The number of aryl methyl sites for hydroxylation is 1. The molecule has 10 heteroatoms. The van der Waals surface area contributed by atoms with Crippen LogP contribution in [0.5, 0.6) is 5.88 Å². The molecule has 2 aromatic heterocycles. The third-order valence-electron chi connectivity index (χ3n) is 5.52. The number of hydrogen-bond donors (Lipinski definition) is 2. The minimum Gasteiger partial charge on any atom is -0.493 e. The molecule has 0 aliphatic rings. The molecule has 9 nitrogen and oxygen atoms in total. The number of hydrogen-bond acceptors (Lipinski definition) is 6. The molecule has 0 saturated heterocycles. The highest BCUT2D eigenvalue weighted by Crippen LogP contribution is 2.37. The number of nitro groups is 1. The number of nitro benzene ring substituents is 1. The molecule has 172 valence electrons. The Morgan fingerprint density at radius 2 is 1.83 bits per heavy atom. The molecule has 5 aromatic rings. The molecule has 0 radical (unpaired) electrons. The predicted molar refractivity (Wildman–Crippen MR) is 135 cm³/mol. The summed E-state index contributed by atoms with van der Waals surface area (Å²) in [4.78, 5) is 31.2. The van der Waals surface area contributed by atoms with E-state index in [-0.39, 0.29) is 22.6 Å². The van der Waals surface area contributed by atoms with E-state index in [0.29, 0.717) is 27.7 Å². The molecular formula is C25H16BrN5O4. The number of halogens is 1. The highest BCUT2D eigenvalue weighted by Gasteiger charge is 2.17. The van der Waals surface area contributed by atoms with E-state index in [1.807, 2.05) is 49.4 Å². The summed E-state index contributed by atoms with van der Waals surface area (Å²) in [5.74, 6) is -0.983. The van der Waals surface area contributed by atoms with Gasteiger partial charge in [-0.25, -0.2) is 4.98 Å². The van der Waals surface area contributed by atoms with Gasteiger partial charge in [0.05, 0.1) is 27.2 Å². The quantitative estimate of drug-likeness (QED) is 0.147. The van der Waals surface area contributed by atoms with Crippen molar-refractivity contribution in [1.29, 1.82) is 0 Å². The zero-order valence-electron chi connectivity index (χ0n) is 18.2. The van der Waals surface area contributed by atoms with Gasteiger partial charge in [-0.05, 0) is 43.3 Å². The molecular weight excluding hydrogens is 514 g/mol. The van der Waals surface area contributed by atoms with E-state index in [0.717, 1.165) is 15.6 Å². The summed E-state index contributed by atoms with van der Waals surface area (Å²) < 4.78 is 0.918. The Morgan fingerprint density at radius 3 is 2.57 bits per heavy atom. The van der Waals surface area contributed by atoms with Crippen LogP contribution in [0, 0.1) is 17.0 Å². The number of benzene rings is 3. The van der Waals surface area contributed by atoms with Crippen LogP contribution in [-0.4, -0.2) is 25.9 Å². The van der Waals surface area contributed by atoms with Gasteiger partial charge >= 0.3 is 0 Å². The fourth-order valence-electron chi connectivity index (χ4n) is 3.80. The third kappa shape index (κ3) is 4.26. The summed E-state index contributed by atoms with van der Waals surface area (Å²) >= 11 is 3.42. The molecule has 0 atom stereocenters. The van der Waals surface area contributed by atoms with Crippen molar-refractivity contribution in [2.45, 2.75) is 6.92 Å². The molecule has 0 aliphatic heterocycles. The number of nitrogens with one attached hydrogen (secondary N) is 1. The van der Waals surface area contributed by atoms with Crippen LogP contribution in [-0.2, 0) is 0 Å². The smallest absolute Gasteiger partial charge is 0.296 e. The Balaban J connectivity index is 1.61. The largest absolute Gasteiger partial charge is 0.493 e. The van der Waals surface area contributed by atoms with E-state index in [4.69, 9.17) is 4.98 Å². The van der Waals surface area contributed by atoms with Crippen molar-refractivity contribution in [3.05, 3.63) is 92.4 Å². The third-order valence-corrected chi connectivity index (χ3v) is 6.05.